The lowest BCUT2D eigenvalue weighted by molar-refractivity contribution is 0.334. The van der Waals surface area contributed by atoms with Gasteiger partial charge in [0.15, 0.2) is 0 Å². The van der Waals surface area contributed by atoms with Gasteiger partial charge in [0.2, 0.25) is 0 Å². The van der Waals surface area contributed by atoms with E-state index in [0.29, 0.717) is 0 Å². The van der Waals surface area contributed by atoms with Crippen LogP contribution in [0.25, 0.3) is 11.1 Å². The maximum Gasteiger partial charge on any atom is 0.254 e. The number of nitrogens with two attached hydrogens (primary N) is 1. The molecule has 0 radical (unpaired) electrons. The Hall–Kier alpha value is -2.65. The Morgan fingerprint density at radius 1 is 1.00 bits per heavy atom. The zero-order valence-corrected chi connectivity index (χ0v) is 16.0. The van der Waals surface area contributed by atoms with Crippen LogP contribution in [0, 0.1) is 13.8 Å². The fraction of sp³-hybridized carbons (Fsp3) is 0.292. The molecule has 2 atom stereocenters. The van der Waals surface area contributed by atoms with Crippen LogP contribution in [0.5, 0.6) is 0 Å². The van der Waals surface area contributed by atoms with Crippen molar-refractivity contribution in [3.8, 4) is 11.1 Å². The van der Waals surface area contributed by atoms with Crippen molar-refractivity contribution in [1.82, 2.24) is 4.57 Å². The lowest BCUT2D eigenvalue weighted by Gasteiger charge is -2.34. The Kier molecular flexibility index (Phi) is 4.71. The summed E-state index contributed by atoms with van der Waals surface area (Å²) in [6.45, 7) is 3.93. The summed E-state index contributed by atoms with van der Waals surface area (Å²) in [5.74, 6) is 0. The molecular formula is C24H26N2O. The molecule has 0 bridgehead atoms. The van der Waals surface area contributed by atoms with E-state index in [1.54, 1.807) is 0 Å². The van der Waals surface area contributed by atoms with Gasteiger partial charge in [-0.25, -0.2) is 0 Å². The van der Waals surface area contributed by atoms with Crippen LogP contribution in [0.2, 0.25) is 0 Å². The van der Waals surface area contributed by atoms with Gasteiger partial charge < -0.3 is 10.3 Å². The van der Waals surface area contributed by atoms with Gasteiger partial charge in [0.05, 0.1) is 6.04 Å². The van der Waals surface area contributed by atoms with Crippen molar-refractivity contribution in [2.75, 3.05) is 0 Å². The van der Waals surface area contributed by atoms with Crippen molar-refractivity contribution in [2.45, 2.75) is 45.2 Å². The average Bonchev–Trinajstić information content (AvgIpc) is 2.69. The molecule has 2 aromatic carbocycles. The quantitative estimate of drug-likeness (QED) is 0.763. The number of benzene rings is 2. The molecule has 2 heterocycles. The molecule has 1 aromatic heterocycles. The van der Waals surface area contributed by atoms with Gasteiger partial charge in [-0.1, -0.05) is 54.6 Å². The molecule has 27 heavy (non-hydrogen) atoms. The van der Waals surface area contributed by atoms with E-state index in [4.69, 9.17) is 5.73 Å². The molecule has 4 rings (SSSR count). The topological polar surface area (TPSA) is 48.0 Å². The van der Waals surface area contributed by atoms with Gasteiger partial charge >= 0.3 is 0 Å². The van der Waals surface area contributed by atoms with Gasteiger partial charge in [-0.3, -0.25) is 4.79 Å². The third kappa shape index (κ3) is 3.35. The number of fused-ring (bicyclic) bond motifs is 1. The van der Waals surface area contributed by atoms with Crippen molar-refractivity contribution in [3.05, 3.63) is 93.4 Å². The molecule has 1 aliphatic rings. The normalized spacial score (nSPS) is 18.9. The highest BCUT2D eigenvalue weighted by Crippen LogP contribution is 2.28. The summed E-state index contributed by atoms with van der Waals surface area (Å²) in [4.78, 5) is 13.0. The van der Waals surface area contributed by atoms with E-state index in [0.717, 1.165) is 36.1 Å². The van der Waals surface area contributed by atoms with E-state index >= 15 is 0 Å². The third-order valence-electron chi connectivity index (χ3n) is 5.86. The van der Waals surface area contributed by atoms with E-state index in [1.165, 1.54) is 16.7 Å². The molecule has 2 N–H and O–H groups in total. The first-order chi connectivity index (χ1) is 13.0. The highest BCUT2D eigenvalue weighted by molar-refractivity contribution is 5.64. The Morgan fingerprint density at radius 2 is 1.74 bits per heavy atom. The monoisotopic (exact) mass is 358 g/mol. The molecule has 3 heteroatoms. The van der Waals surface area contributed by atoms with Crippen molar-refractivity contribution < 1.29 is 0 Å². The van der Waals surface area contributed by atoms with Gasteiger partial charge in [0, 0.05) is 17.3 Å². The number of aromatic nitrogens is 1. The number of hydrogen-bond donors (Lipinski definition) is 1. The summed E-state index contributed by atoms with van der Waals surface area (Å²) in [6.07, 6.45) is 2.57. The van der Waals surface area contributed by atoms with Crippen LogP contribution in [-0.2, 0) is 12.8 Å². The molecule has 1 aliphatic heterocycles. The summed E-state index contributed by atoms with van der Waals surface area (Å²) >= 11 is 0. The molecule has 2 unspecified atom stereocenters. The number of nitrogens with zero attached hydrogens (tertiary/aromatic N) is 1. The van der Waals surface area contributed by atoms with E-state index in [2.05, 4.69) is 54.6 Å². The van der Waals surface area contributed by atoms with E-state index in [1.807, 2.05) is 24.5 Å². The van der Waals surface area contributed by atoms with Crippen LogP contribution < -0.4 is 11.3 Å². The maximum atomic E-state index is 13.0. The number of aryl methyl sites for hydroxylation is 2. The van der Waals surface area contributed by atoms with Crippen LogP contribution in [-0.4, -0.2) is 10.6 Å². The largest absolute Gasteiger partial charge is 0.326 e. The molecule has 0 spiro atoms. The molecule has 0 saturated heterocycles. The summed E-state index contributed by atoms with van der Waals surface area (Å²) in [6, 6.07) is 21.1. The van der Waals surface area contributed by atoms with Gasteiger partial charge in [0.25, 0.3) is 5.56 Å². The van der Waals surface area contributed by atoms with Crippen molar-refractivity contribution >= 4 is 0 Å². The Morgan fingerprint density at radius 3 is 2.52 bits per heavy atom. The molecule has 0 fully saturated rings. The molecular weight excluding hydrogens is 332 g/mol. The van der Waals surface area contributed by atoms with E-state index < -0.39 is 0 Å². The fourth-order valence-corrected chi connectivity index (χ4v) is 4.15. The average molecular weight is 358 g/mol. The minimum absolute atomic E-state index is 0.00214. The van der Waals surface area contributed by atoms with Gasteiger partial charge in [0.1, 0.15) is 0 Å². The SMILES string of the molecule is Cc1cc2n(c(=O)c1C)C(Cc1cccc(-c3ccccc3)c1)C(N)CC2. The second-order valence-corrected chi connectivity index (χ2v) is 7.66. The lowest BCUT2D eigenvalue weighted by atomic mass is 9.89. The summed E-state index contributed by atoms with van der Waals surface area (Å²) in [5.41, 5.74) is 13.2. The Bertz CT molecular complexity index is 1020. The highest BCUT2D eigenvalue weighted by Gasteiger charge is 2.28. The van der Waals surface area contributed by atoms with Gasteiger partial charge in [-0.15, -0.1) is 0 Å². The first-order valence-electron chi connectivity index (χ1n) is 9.66. The summed E-state index contributed by atoms with van der Waals surface area (Å²) in [5, 5.41) is 0. The minimum atomic E-state index is -0.00214. The maximum absolute atomic E-state index is 13.0. The summed E-state index contributed by atoms with van der Waals surface area (Å²) in [7, 11) is 0. The van der Waals surface area contributed by atoms with Gasteiger partial charge in [-0.05, 0) is 61.4 Å². The number of hydrogen-bond acceptors (Lipinski definition) is 2. The molecule has 138 valence electrons. The Labute approximate surface area is 160 Å². The molecule has 0 amide bonds. The zero-order valence-electron chi connectivity index (χ0n) is 16.0. The predicted molar refractivity (Wildman–Crippen MR) is 111 cm³/mol. The van der Waals surface area contributed by atoms with Crippen molar-refractivity contribution in [3.63, 3.8) is 0 Å². The fourth-order valence-electron chi connectivity index (χ4n) is 4.15. The lowest BCUT2D eigenvalue weighted by Crippen LogP contribution is -2.44. The van der Waals surface area contributed by atoms with Crippen LogP contribution >= 0.6 is 0 Å². The standard InChI is InChI=1S/C24H26N2O/c1-16-13-21-11-12-22(25)23(26(21)24(27)17(16)2)15-18-7-6-10-20(14-18)19-8-4-3-5-9-19/h3-10,13-14,22-23H,11-12,15,25H2,1-2H3. The third-order valence-corrected chi connectivity index (χ3v) is 5.86. The zero-order chi connectivity index (χ0) is 19.0. The van der Waals surface area contributed by atoms with E-state index in [-0.39, 0.29) is 17.6 Å². The smallest absolute Gasteiger partial charge is 0.254 e. The van der Waals surface area contributed by atoms with Crippen LogP contribution in [0.15, 0.2) is 65.5 Å². The molecule has 0 aliphatic carbocycles. The minimum Gasteiger partial charge on any atom is -0.326 e. The molecule has 0 saturated carbocycles. The number of pyridine rings is 1. The van der Waals surface area contributed by atoms with Crippen LogP contribution in [0.4, 0.5) is 0 Å². The van der Waals surface area contributed by atoms with Crippen molar-refractivity contribution in [1.29, 1.82) is 0 Å². The Balaban J connectivity index is 1.72. The summed E-state index contributed by atoms with van der Waals surface area (Å²) < 4.78 is 1.96. The highest BCUT2D eigenvalue weighted by atomic mass is 16.1. The first kappa shape index (κ1) is 17.7. The first-order valence-corrected chi connectivity index (χ1v) is 9.66. The van der Waals surface area contributed by atoms with Crippen molar-refractivity contribution in [2.24, 2.45) is 5.73 Å². The van der Waals surface area contributed by atoms with Gasteiger partial charge in [-0.2, -0.15) is 0 Å². The molecule has 3 aromatic rings. The number of rotatable bonds is 3. The van der Waals surface area contributed by atoms with Crippen LogP contribution in [0.3, 0.4) is 0 Å². The van der Waals surface area contributed by atoms with Crippen LogP contribution in [0.1, 0.15) is 34.8 Å². The molecule has 3 nitrogen and oxygen atoms in total. The second-order valence-electron chi connectivity index (χ2n) is 7.66. The van der Waals surface area contributed by atoms with E-state index in [9.17, 15) is 4.79 Å². The second kappa shape index (κ2) is 7.16. The predicted octanol–water partition coefficient (Wildman–Crippen LogP) is 4.19.